The number of fused-ring (bicyclic) bond motifs is 1. The van der Waals surface area contributed by atoms with E-state index in [4.69, 9.17) is 4.74 Å². The molecule has 3 aromatic rings. The molecule has 0 radical (unpaired) electrons. The Bertz CT molecular complexity index is 1270. The summed E-state index contributed by atoms with van der Waals surface area (Å²) in [4.78, 5) is 33.1. The molecule has 3 heterocycles. The number of aromatic amines is 1. The highest BCUT2D eigenvalue weighted by Gasteiger charge is 2.42. The van der Waals surface area contributed by atoms with Gasteiger partial charge in [0.1, 0.15) is 18.5 Å². The number of carbonyl (C=O) groups is 2. The van der Waals surface area contributed by atoms with Crippen LogP contribution in [-0.4, -0.2) is 71.8 Å². The predicted octanol–water partition coefficient (Wildman–Crippen LogP) is 4.22. The van der Waals surface area contributed by atoms with E-state index in [-0.39, 0.29) is 19.1 Å². The lowest BCUT2D eigenvalue weighted by molar-refractivity contribution is -0.206. The van der Waals surface area contributed by atoms with Crippen LogP contribution in [-0.2, 0) is 16.0 Å². The Kier molecular flexibility index (Phi) is 8.35. The normalized spacial score (nSPS) is 14.1. The van der Waals surface area contributed by atoms with E-state index in [1.165, 1.54) is 0 Å². The number of nitrogens with one attached hydrogen (secondary N) is 2. The van der Waals surface area contributed by atoms with E-state index in [1.807, 2.05) is 36.9 Å². The minimum absolute atomic E-state index is 0.0915. The smallest absolute Gasteiger partial charge is 0.490 e. The third-order valence-electron chi connectivity index (χ3n) is 6.32. The Labute approximate surface area is 218 Å². The summed E-state index contributed by atoms with van der Waals surface area (Å²) in [5.41, 5.74) is 4.75. The molecule has 0 bridgehead atoms. The topological polar surface area (TPSA) is 96.6 Å². The van der Waals surface area contributed by atoms with Gasteiger partial charge in [0.05, 0.1) is 11.3 Å². The number of nitrogens with zero attached hydrogens (tertiary/aromatic N) is 2. The summed E-state index contributed by atoms with van der Waals surface area (Å²) in [7, 11) is 0. The van der Waals surface area contributed by atoms with Crippen LogP contribution in [0.15, 0.2) is 48.7 Å². The first kappa shape index (κ1) is 27.2. The second kappa shape index (κ2) is 11.7. The maximum absolute atomic E-state index is 12.7. The van der Waals surface area contributed by atoms with Crippen LogP contribution in [0.1, 0.15) is 29.9 Å². The first-order valence-corrected chi connectivity index (χ1v) is 12.4. The van der Waals surface area contributed by atoms with Crippen LogP contribution >= 0.6 is 0 Å². The fourth-order valence-corrected chi connectivity index (χ4v) is 4.23. The van der Waals surface area contributed by atoms with Crippen LogP contribution in [0, 0.1) is 0 Å². The van der Waals surface area contributed by atoms with E-state index in [0.717, 1.165) is 28.9 Å². The Balaban J connectivity index is 1.44. The largest absolute Gasteiger partial charge is 0.490 e. The van der Waals surface area contributed by atoms with Crippen LogP contribution < -0.4 is 10.1 Å². The SMILES string of the molecule is CCN(CC)CC(COc1ccc(-c2cc(-c3cc4c([nH]3)CCNC4=O)ccn2)cc1)OC(=O)C(F)(F)F. The maximum atomic E-state index is 12.7. The second-order valence-corrected chi connectivity index (χ2v) is 8.86. The molecule has 1 atom stereocenters. The minimum Gasteiger partial charge on any atom is -0.490 e. The molecule has 2 aromatic heterocycles. The number of hydrogen-bond acceptors (Lipinski definition) is 6. The third-order valence-corrected chi connectivity index (χ3v) is 6.32. The maximum Gasteiger partial charge on any atom is 0.490 e. The van der Waals surface area contributed by atoms with Crippen molar-refractivity contribution >= 4 is 11.9 Å². The van der Waals surface area contributed by atoms with E-state index in [9.17, 15) is 22.8 Å². The van der Waals surface area contributed by atoms with E-state index in [2.05, 4.69) is 20.0 Å². The van der Waals surface area contributed by atoms with Crippen molar-refractivity contribution in [2.75, 3.05) is 32.8 Å². The molecule has 11 heteroatoms. The van der Waals surface area contributed by atoms with Crippen molar-refractivity contribution in [3.8, 4) is 28.3 Å². The van der Waals surface area contributed by atoms with Crippen LogP contribution in [0.4, 0.5) is 13.2 Å². The number of benzene rings is 1. The molecule has 0 aliphatic carbocycles. The summed E-state index contributed by atoms with van der Waals surface area (Å²) in [6.07, 6.45) is -3.74. The van der Waals surface area contributed by atoms with E-state index < -0.39 is 18.2 Å². The lowest BCUT2D eigenvalue weighted by Gasteiger charge is -2.25. The van der Waals surface area contributed by atoms with Crippen molar-refractivity contribution in [2.45, 2.75) is 32.5 Å². The van der Waals surface area contributed by atoms with Gasteiger partial charge in [0.25, 0.3) is 5.91 Å². The highest BCUT2D eigenvalue weighted by atomic mass is 19.4. The monoisotopic (exact) mass is 530 g/mol. The molecule has 202 valence electrons. The number of rotatable bonds is 10. The lowest BCUT2D eigenvalue weighted by atomic mass is 10.1. The molecule has 1 aromatic carbocycles. The molecule has 38 heavy (non-hydrogen) atoms. The Morgan fingerprint density at radius 1 is 1.11 bits per heavy atom. The number of carbonyl (C=O) groups excluding carboxylic acids is 2. The molecule has 1 aliphatic rings. The zero-order chi connectivity index (χ0) is 27.3. The fourth-order valence-electron chi connectivity index (χ4n) is 4.23. The third kappa shape index (κ3) is 6.52. The van der Waals surface area contributed by atoms with Gasteiger partial charge in [0.15, 0.2) is 0 Å². The van der Waals surface area contributed by atoms with Crippen LogP contribution in [0.25, 0.3) is 22.5 Å². The summed E-state index contributed by atoms with van der Waals surface area (Å²) in [5.74, 6) is -1.91. The molecule has 0 saturated heterocycles. The summed E-state index contributed by atoms with van der Waals surface area (Å²) in [6.45, 7) is 5.42. The number of likely N-dealkylation sites (N-methyl/N-ethyl adjacent to an activating group) is 1. The molecule has 1 amide bonds. The van der Waals surface area contributed by atoms with E-state index >= 15 is 0 Å². The molecular weight excluding hydrogens is 501 g/mol. The second-order valence-electron chi connectivity index (χ2n) is 8.86. The highest BCUT2D eigenvalue weighted by molar-refractivity contribution is 5.97. The number of pyridine rings is 1. The van der Waals surface area contributed by atoms with Gasteiger partial charge in [-0.1, -0.05) is 13.8 Å². The van der Waals surface area contributed by atoms with Crippen LogP contribution in [0.2, 0.25) is 0 Å². The van der Waals surface area contributed by atoms with Gasteiger partial charge in [0, 0.05) is 48.2 Å². The molecule has 0 saturated carbocycles. The standard InChI is InChI=1S/C27H29F3N4O4/c1-3-34(4-2)15-20(38-26(36)27(28,29)30)16-37-19-7-5-17(6-8-19)23-13-18(9-11-31-23)24-14-21-22(33-24)10-12-32-25(21)35/h5-9,11,13-14,20,33H,3-4,10,12,15-16H2,1-2H3,(H,32,35). The van der Waals surface area contributed by atoms with Crippen LogP contribution in [0.5, 0.6) is 5.75 Å². The van der Waals surface area contributed by atoms with Crippen molar-refractivity contribution in [1.29, 1.82) is 0 Å². The Morgan fingerprint density at radius 3 is 2.50 bits per heavy atom. The fraction of sp³-hybridized carbons (Fsp3) is 0.370. The number of alkyl halides is 3. The number of halogens is 3. The quantitative estimate of drug-likeness (QED) is 0.381. The molecular formula is C27H29F3N4O4. The lowest BCUT2D eigenvalue weighted by Crippen LogP contribution is -2.41. The first-order valence-electron chi connectivity index (χ1n) is 12.4. The molecule has 0 spiro atoms. The number of ether oxygens (including phenoxy) is 2. The van der Waals surface area contributed by atoms with Crippen molar-refractivity contribution in [3.63, 3.8) is 0 Å². The molecule has 1 aliphatic heterocycles. The molecule has 0 fully saturated rings. The van der Waals surface area contributed by atoms with Gasteiger partial charge in [-0.3, -0.25) is 9.78 Å². The van der Waals surface area contributed by atoms with E-state index in [1.54, 1.807) is 30.5 Å². The van der Waals surface area contributed by atoms with E-state index in [0.29, 0.717) is 36.6 Å². The van der Waals surface area contributed by atoms with Gasteiger partial charge in [0.2, 0.25) is 0 Å². The summed E-state index contributed by atoms with van der Waals surface area (Å²) in [5, 5.41) is 2.83. The minimum atomic E-state index is -5.07. The average molecular weight is 531 g/mol. The van der Waals surface area contributed by atoms with Gasteiger partial charge in [-0.05, 0) is 55.6 Å². The van der Waals surface area contributed by atoms with Crippen molar-refractivity contribution in [1.82, 2.24) is 20.2 Å². The number of hydrogen-bond donors (Lipinski definition) is 2. The summed E-state index contributed by atoms with van der Waals surface area (Å²) < 4.78 is 48.6. The Hall–Kier alpha value is -3.86. The molecule has 4 rings (SSSR count). The average Bonchev–Trinajstić information content (AvgIpc) is 3.36. The van der Waals surface area contributed by atoms with Crippen LogP contribution in [0.3, 0.4) is 0 Å². The molecule has 2 N–H and O–H groups in total. The number of esters is 1. The van der Waals surface area contributed by atoms with Gasteiger partial charge in [-0.25, -0.2) is 4.79 Å². The van der Waals surface area contributed by atoms with Crippen molar-refractivity contribution in [3.05, 3.63) is 59.9 Å². The first-order chi connectivity index (χ1) is 18.2. The predicted molar refractivity (Wildman–Crippen MR) is 135 cm³/mol. The number of amides is 1. The summed E-state index contributed by atoms with van der Waals surface area (Å²) >= 11 is 0. The summed E-state index contributed by atoms with van der Waals surface area (Å²) in [6, 6.07) is 12.5. The number of aromatic nitrogens is 2. The van der Waals surface area contributed by atoms with Gasteiger partial charge in [-0.2, -0.15) is 13.2 Å². The zero-order valence-electron chi connectivity index (χ0n) is 21.1. The highest BCUT2D eigenvalue weighted by Crippen LogP contribution is 2.28. The van der Waals surface area contributed by atoms with Gasteiger partial charge >= 0.3 is 12.1 Å². The van der Waals surface area contributed by atoms with Crippen molar-refractivity contribution in [2.24, 2.45) is 0 Å². The molecule has 1 unspecified atom stereocenters. The Morgan fingerprint density at radius 2 is 1.84 bits per heavy atom. The van der Waals surface area contributed by atoms with Crippen molar-refractivity contribution < 1.29 is 32.2 Å². The zero-order valence-corrected chi connectivity index (χ0v) is 21.1. The van der Waals surface area contributed by atoms with Gasteiger partial charge < -0.3 is 24.7 Å². The number of H-pyrrole nitrogens is 1. The van der Waals surface area contributed by atoms with Gasteiger partial charge in [-0.15, -0.1) is 0 Å². The molecule has 8 nitrogen and oxygen atoms in total.